The second kappa shape index (κ2) is 11.7. The lowest BCUT2D eigenvalue weighted by molar-refractivity contribution is 1.08. The van der Waals surface area contributed by atoms with E-state index in [-0.39, 0.29) is 0 Å². The molecule has 0 spiro atoms. The maximum absolute atomic E-state index is 5.40. The zero-order chi connectivity index (χ0) is 34.9. The predicted molar refractivity (Wildman–Crippen MR) is 221 cm³/mol. The Morgan fingerprint density at radius 2 is 0.906 bits per heavy atom. The molecule has 4 aromatic heterocycles. The molecule has 0 bridgehead atoms. The van der Waals surface area contributed by atoms with Crippen LogP contribution < -0.4 is 0 Å². The van der Waals surface area contributed by atoms with E-state index in [2.05, 4.69) is 208 Å². The molecule has 53 heavy (non-hydrogen) atoms. The fraction of sp³-hybridized carbons (Fsp3) is 0. The number of fused-ring (bicyclic) bond motifs is 7. The number of benzene rings is 7. The van der Waals surface area contributed by atoms with Gasteiger partial charge in [-0.25, -0.2) is 4.98 Å². The molecule has 0 amide bonds. The first-order valence-electron chi connectivity index (χ1n) is 18.1. The topological polar surface area (TPSA) is 27.7 Å². The molecule has 0 aliphatic carbocycles. The highest BCUT2D eigenvalue weighted by atomic mass is 15.1. The van der Waals surface area contributed by atoms with Gasteiger partial charge in [-0.1, -0.05) is 115 Å². The van der Waals surface area contributed by atoms with Crippen molar-refractivity contribution in [2.75, 3.05) is 0 Å². The first-order valence-corrected chi connectivity index (χ1v) is 18.1. The lowest BCUT2D eigenvalue weighted by atomic mass is 10.0. The van der Waals surface area contributed by atoms with Crippen LogP contribution in [0.1, 0.15) is 0 Å². The number of hydrogen-bond donors (Lipinski definition) is 0. The summed E-state index contributed by atoms with van der Waals surface area (Å²) in [6.07, 6.45) is 2.18. The lowest BCUT2D eigenvalue weighted by Gasteiger charge is -2.13. The van der Waals surface area contributed by atoms with Gasteiger partial charge in [0, 0.05) is 50.1 Å². The molecule has 248 valence electrons. The Kier molecular flexibility index (Phi) is 6.52. The van der Waals surface area contributed by atoms with Gasteiger partial charge >= 0.3 is 0 Å². The van der Waals surface area contributed by atoms with Crippen molar-refractivity contribution in [2.24, 2.45) is 0 Å². The van der Waals surface area contributed by atoms with Crippen molar-refractivity contribution >= 4 is 54.5 Å². The monoisotopic (exact) mass is 676 g/mol. The minimum Gasteiger partial charge on any atom is -0.316 e. The van der Waals surface area contributed by atoms with Gasteiger partial charge in [0.1, 0.15) is 5.82 Å². The minimum absolute atomic E-state index is 0.890. The van der Waals surface area contributed by atoms with Crippen LogP contribution in [-0.4, -0.2) is 18.7 Å². The van der Waals surface area contributed by atoms with Gasteiger partial charge in [-0.2, -0.15) is 0 Å². The Morgan fingerprint density at radius 1 is 0.340 bits per heavy atom. The summed E-state index contributed by atoms with van der Waals surface area (Å²) in [6, 6.07) is 67.4. The Balaban J connectivity index is 1.25. The molecule has 0 N–H and O–H groups in total. The quantitative estimate of drug-likeness (QED) is 0.178. The van der Waals surface area contributed by atoms with Gasteiger partial charge in [-0.3, -0.25) is 4.57 Å². The van der Waals surface area contributed by atoms with Crippen molar-refractivity contribution in [3.8, 4) is 39.6 Å². The molecule has 0 unspecified atom stereocenters. The molecule has 0 fully saturated rings. The van der Waals surface area contributed by atoms with Crippen LogP contribution in [0.2, 0.25) is 0 Å². The van der Waals surface area contributed by atoms with Crippen LogP contribution in [0.5, 0.6) is 0 Å². The van der Waals surface area contributed by atoms with Crippen LogP contribution >= 0.6 is 0 Å². The Morgan fingerprint density at radius 3 is 1.64 bits per heavy atom. The molecule has 11 aromatic rings. The van der Waals surface area contributed by atoms with Crippen molar-refractivity contribution in [1.29, 1.82) is 0 Å². The Labute approximate surface area is 306 Å². The molecule has 4 heteroatoms. The van der Waals surface area contributed by atoms with Crippen molar-refractivity contribution in [1.82, 2.24) is 18.7 Å². The average molecular weight is 677 g/mol. The van der Waals surface area contributed by atoms with Gasteiger partial charge in [0.15, 0.2) is 0 Å². The Bertz CT molecular complexity index is 3080. The number of para-hydroxylation sites is 3. The molecule has 0 atom stereocenters. The summed E-state index contributed by atoms with van der Waals surface area (Å²) in [5.41, 5.74) is 12.4. The van der Waals surface area contributed by atoms with Gasteiger partial charge in [0.05, 0.1) is 33.3 Å². The van der Waals surface area contributed by atoms with Gasteiger partial charge in [-0.05, 0) is 83.9 Å². The summed E-state index contributed by atoms with van der Waals surface area (Å²) in [5, 5.41) is 6.08. The maximum atomic E-state index is 5.40. The number of rotatable bonds is 5. The summed E-state index contributed by atoms with van der Waals surface area (Å²) >= 11 is 0. The third kappa shape index (κ3) is 4.66. The highest BCUT2D eigenvalue weighted by molar-refractivity contribution is 6.20. The van der Waals surface area contributed by atoms with Crippen molar-refractivity contribution < 1.29 is 0 Å². The summed E-state index contributed by atoms with van der Waals surface area (Å²) in [6.45, 7) is 0. The normalized spacial score (nSPS) is 11.8. The van der Waals surface area contributed by atoms with E-state index >= 15 is 0 Å². The summed E-state index contributed by atoms with van der Waals surface area (Å²) in [4.78, 5) is 5.40. The average Bonchev–Trinajstić information content (AvgIpc) is 3.89. The van der Waals surface area contributed by atoms with Crippen molar-refractivity contribution in [2.45, 2.75) is 0 Å². The third-order valence-electron chi connectivity index (χ3n) is 10.6. The van der Waals surface area contributed by atoms with E-state index in [0.29, 0.717) is 0 Å². The zero-order valence-electron chi connectivity index (χ0n) is 28.8. The SMILES string of the molecule is c1ccc(-c2cc(-c3ccccc3)nc(-n3c4ccccc4c4cc5c6cc7ccn(-c8ccccc8)c7cc6n(-c6ccccc6)c5cc43)c2)cc1. The number of pyridine rings is 1. The molecule has 11 rings (SSSR count). The number of hydrogen-bond acceptors (Lipinski definition) is 1. The fourth-order valence-corrected chi connectivity index (χ4v) is 8.21. The van der Waals surface area contributed by atoms with E-state index in [0.717, 1.165) is 56.1 Å². The molecule has 0 aliphatic rings. The third-order valence-corrected chi connectivity index (χ3v) is 10.6. The molecule has 0 aliphatic heterocycles. The highest BCUT2D eigenvalue weighted by Gasteiger charge is 2.21. The molecule has 4 heterocycles. The van der Waals surface area contributed by atoms with Crippen LogP contribution in [-0.2, 0) is 0 Å². The van der Waals surface area contributed by atoms with Crippen molar-refractivity contribution in [3.05, 3.63) is 194 Å². The second-order valence-corrected chi connectivity index (χ2v) is 13.7. The van der Waals surface area contributed by atoms with Crippen LogP contribution in [0.15, 0.2) is 194 Å². The molecular weight excluding hydrogens is 645 g/mol. The molecule has 0 saturated carbocycles. The molecule has 4 nitrogen and oxygen atoms in total. The summed E-state index contributed by atoms with van der Waals surface area (Å²) < 4.78 is 7.07. The standard InChI is InChI=1S/C49H32N4/c1-5-15-33(16-6-1)36-28-43(34-17-7-2-8-18-34)50-49(29-36)53-44-24-14-13-23-39(44)41-30-42-40-27-35-25-26-51(37-19-9-3-10-20-37)45(35)31-46(40)52(47(42)32-48(41)53)38-21-11-4-12-22-38/h1-32H. The van der Waals surface area contributed by atoms with Gasteiger partial charge in [0.25, 0.3) is 0 Å². The van der Waals surface area contributed by atoms with Crippen LogP contribution in [0.3, 0.4) is 0 Å². The van der Waals surface area contributed by atoms with Gasteiger partial charge in [0.2, 0.25) is 0 Å². The van der Waals surface area contributed by atoms with Crippen LogP contribution in [0.25, 0.3) is 94.1 Å². The summed E-state index contributed by atoms with van der Waals surface area (Å²) in [7, 11) is 0. The molecular formula is C49H32N4. The zero-order valence-corrected chi connectivity index (χ0v) is 28.8. The fourth-order valence-electron chi connectivity index (χ4n) is 8.21. The second-order valence-electron chi connectivity index (χ2n) is 13.7. The first kappa shape index (κ1) is 29.5. The van der Waals surface area contributed by atoms with E-state index in [9.17, 15) is 0 Å². The number of nitrogens with zero attached hydrogens (tertiary/aromatic N) is 4. The van der Waals surface area contributed by atoms with Gasteiger partial charge < -0.3 is 9.13 Å². The smallest absolute Gasteiger partial charge is 0.138 e. The minimum atomic E-state index is 0.890. The summed E-state index contributed by atoms with van der Waals surface area (Å²) in [5.74, 6) is 0.890. The highest BCUT2D eigenvalue weighted by Crippen LogP contribution is 2.41. The first-order chi connectivity index (χ1) is 26.3. The van der Waals surface area contributed by atoms with Crippen LogP contribution in [0, 0.1) is 0 Å². The largest absolute Gasteiger partial charge is 0.316 e. The van der Waals surface area contributed by atoms with E-state index < -0.39 is 0 Å². The lowest BCUT2D eigenvalue weighted by Crippen LogP contribution is -2.00. The Hall–Kier alpha value is -7.17. The molecule has 7 aromatic carbocycles. The number of aromatic nitrogens is 4. The van der Waals surface area contributed by atoms with E-state index in [4.69, 9.17) is 4.98 Å². The molecule has 0 saturated heterocycles. The predicted octanol–water partition coefficient (Wildman–Crippen LogP) is 12.6. The molecule has 0 radical (unpaired) electrons. The van der Waals surface area contributed by atoms with E-state index in [1.807, 2.05) is 0 Å². The maximum Gasteiger partial charge on any atom is 0.138 e. The van der Waals surface area contributed by atoms with Gasteiger partial charge in [-0.15, -0.1) is 0 Å². The van der Waals surface area contributed by atoms with E-state index in [1.165, 1.54) is 38.0 Å². The van der Waals surface area contributed by atoms with E-state index in [1.54, 1.807) is 0 Å². The van der Waals surface area contributed by atoms with Crippen LogP contribution in [0.4, 0.5) is 0 Å². The van der Waals surface area contributed by atoms with Crippen molar-refractivity contribution in [3.63, 3.8) is 0 Å².